The summed E-state index contributed by atoms with van der Waals surface area (Å²) in [7, 11) is 0. The van der Waals surface area contributed by atoms with Crippen molar-refractivity contribution in [2.45, 2.75) is 33.4 Å². The maximum Gasteiger partial charge on any atom is 0.203 e. The van der Waals surface area contributed by atoms with Crippen LogP contribution in [0.4, 0.5) is 5.95 Å². The molecule has 96 valence electrons. The number of hydrogen-bond donors (Lipinski definition) is 1. The van der Waals surface area contributed by atoms with E-state index in [4.69, 9.17) is 0 Å². The molecule has 0 amide bonds. The first-order valence-corrected chi connectivity index (χ1v) is 7.00. The van der Waals surface area contributed by atoms with Crippen LogP contribution in [-0.2, 0) is 13.1 Å². The van der Waals surface area contributed by atoms with Crippen LogP contribution in [0.5, 0.6) is 0 Å². The Balaban J connectivity index is 2.05. The van der Waals surface area contributed by atoms with Gasteiger partial charge in [-0.2, -0.15) is 0 Å². The van der Waals surface area contributed by atoms with Gasteiger partial charge in [-0.15, -0.1) is 0 Å². The second kappa shape index (κ2) is 6.05. The van der Waals surface area contributed by atoms with Gasteiger partial charge in [0.15, 0.2) is 0 Å². The number of nitrogens with one attached hydrogen (secondary N) is 1. The Labute approximate surface area is 116 Å². The van der Waals surface area contributed by atoms with Crippen LogP contribution in [0.15, 0.2) is 34.9 Å². The van der Waals surface area contributed by atoms with Crippen molar-refractivity contribution in [3.8, 4) is 0 Å². The smallest absolute Gasteiger partial charge is 0.203 e. The zero-order chi connectivity index (χ0) is 13.0. The van der Waals surface area contributed by atoms with Crippen molar-refractivity contribution >= 4 is 21.9 Å². The van der Waals surface area contributed by atoms with Crippen LogP contribution in [0.25, 0.3) is 0 Å². The minimum atomic E-state index is 0.791. The summed E-state index contributed by atoms with van der Waals surface area (Å²) in [5.74, 6) is 0.953. The third kappa shape index (κ3) is 3.35. The van der Waals surface area contributed by atoms with Gasteiger partial charge in [0.2, 0.25) is 5.95 Å². The van der Waals surface area contributed by atoms with Crippen molar-refractivity contribution in [1.82, 2.24) is 9.55 Å². The number of benzene rings is 1. The van der Waals surface area contributed by atoms with Crippen molar-refractivity contribution in [2.24, 2.45) is 0 Å². The highest BCUT2D eigenvalue weighted by molar-refractivity contribution is 9.10. The van der Waals surface area contributed by atoms with Gasteiger partial charge >= 0.3 is 0 Å². The van der Waals surface area contributed by atoms with Crippen LogP contribution in [0, 0.1) is 6.92 Å². The third-order valence-electron chi connectivity index (χ3n) is 2.70. The van der Waals surface area contributed by atoms with Crippen molar-refractivity contribution in [3.63, 3.8) is 0 Å². The highest BCUT2D eigenvalue weighted by atomic mass is 79.9. The van der Waals surface area contributed by atoms with Crippen LogP contribution in [-0.4, -0.2) is 9.55 Å². The SMILES string of the molecule is CCCn1cc(C)nc1NCc1cccc(Br)c1. The Hall–Kier alpha value is -1.29. The van der Waals surface area contributed by atoms with E-state index >= 15 is 0 Å². The fourth-order valence-corrected chi connectivity index (χ4v) is 2.37. The second-order valence-corrected chi connectivity index (χ2v) is 5.30. The van der Waals surface area contributed by atoms with Gasteiger partial charge in [0, 0.05) is 23.8 Å². The predicted molar refractivity (Wildman–Crippen MR) is 78.7 cm³/mol. The van der Waals surface area contributed by atoms with Crippen molar-refractivity contribution in [2.75, 3.05) is 5.32 Å². The van der Waals surface area contributed by atoms with Gasteiger partial charge in [-0.05, 0) is 31.0 Å². The molecule has 2 aromatic rings. The number of halogens is 1. The summed E-state index contributed by atoms with van der Waals surface area (Å²) >= 11 is 3.48. The van der Waals surface area contributed by atoms with Gasteiger partial charge in [0.25, 0.3) is 0 Å². The third-order valence-corrected chi connectivity index (χ3v) is 3.19. The molecule has 1 heterocycles. The van der Waals surface area contributed by atoms with Gasteiger partial charge in [0.05, 0.1) is 5.69 Å². The molecule has 0 aliphatic carbocycles. The molecule has 4 heteroatoms. The molecule has 1 N–H and O–H groups in total. The van der Waals surface area contributed by atoms with Gasteiger partial charge < -0.3 is 9.88 Å². The minimum absolute atomic E-state index is 0.791. The summed E-state index contributed by atoms with van der Waals surface area (Å²) in [6, 6.07) is 8.31. The fraction of sp³-hybridized carbons (Fsp3) is 0.357. The molecule has 0 saturated carbocycles. The summed E-state index contributed by atoms with van der Waals surface area (Å²) < 4.78 is 3.28. The van der Waals surface area contributed by atoms with E-state index in [9.17, 15) is 0 Å². The summed E-state index contributed by atoms with van der Waals surface area (Å²) in [6.45, 7) is 5.99. The molecule has 0 bridgehead atoms. The van der Waals surface area contributed by atoms with Crippen LogP contribution in [0.3, 0.4) is 0 Å². The molecule has 1 aromatic heterocycles. The van der Waals surface area contributed by atoms with E-state index in [1.807, 2.05) is 19.1 Å². The predicted octanol–water partition coefficient (Wildman–Crippen LogP) is 3.98. The minimum Gasteiger partial charge on any atom is -0.352 e. The first-order valence-electron chi connectivity index (χ1n) is 6.21. The maximum absolute atomic E-state index is 4.51. The van der Waals surface area contributed by atoms with Gasteiger partial charge in [-0.3, -0.25) is 0 Å². The highest BCUT2D eigenvalue weighted by Gasteiger charge is 2.04. The van der Waals surface area contributed by atoms with Crippen molar-refractivity contribution in [1.29, 1.82) is 0 Å². The number of aromatic nitrogens is 2. The van der Waals surface area contributed by atoms with Crippen LogP contribution < -0.4 is 5.32 Å². The standard InChI is InChI=1S/C14H18BrN3/c1-3-7-18-10-11(2)17-14(18)16-9-12-5-4-6-13(15)8-12/h4-6,8,10H,3,7,9H2,1-2H3,(H,16,17). The Bertz CT molecular complexity index is 520. The van der Waals surface area contributed by atoms with E-state index in [2.05, 4.69) is 56.1 Å². The Morgan fingerprint density at radius 3 is 2.94 bits per heavy atom. The van der Waals surface area contributed by atoms with Crippen LogP contribution >= 0.6 is 15.9 Å². The average molecular weight is 308 g/mol. The molecule has 1 aromatic carbocycles. The van der Waals surface area contributed by atoms with Gasteiger partial charge in [0.1, 0.15) is 0 Å². The lowest BCUT2D eigenvalue weighted by Crippen LogP contribution is -2.07. The number of imidazole rings is 1. The molecule has 2 rings (SSSR count). The summed E-state index contributed by atoms with van der Waals surface area (Å²) in [5, 5.41) is 3.39. The zero-order valence-corrected chi connectivity index (χ0v) is 12.4. The Morgan fingerprint density at radius 2 is 2.22 bits per heavy atom. The average Bonchev–Trinajstić information content (AvgIpc) is 2.68. The monoisotopic (exact) mass is 307 g/mol. The molecule has 18 heavy (non-hydrogen) atoms. The first-order chi connectivity index (χ1) is 8.69. The number of anilines is 1. The molecule has 3 nitrogen and oxygen atoms in total. The highest BCUT2D eigenvalue weighted by Crippen LogP contribution is 2.14. The van der Waals surface area contributed by atoms with E-state index in [-0.39, 0.29) is 0 Å². The maximum atomic E-state index is 4.51. The fourth-order valence-electron chi connectivity index (χ4n) is 1.93. The lowest BCUT2D eigenvalue weighted by Gasteiger charge is -2.09. The van der Waals surface area contributed by atoms with E-state index < -0.39 is 0 Å². The van der Waals surface area contributed by atoms with Gasteiger partial charge in [-0.1, -0.05) is 35.0 Å². The normalized spacial score (nSPS) is 10.6. The molecule has 0 atom stereocenters. The topological polar surface area (TPSA) is 29.9 Å². The quantitative estimate of drug-likeness (QED) is 0.905. The first kappa shape index (κ1) is 13.1. The molecule has 0 spiro atoms. The number of nitrogens with zero attached hydrogens (tertiary/aromatic N) is 2. The Morgan fingerprint density at radius 1 is 1.39 bits per heavy atom. The van der Waals surface area contributed by atoms with E-state index in [0.29, 0.717) is 0 Å². The van der Waals surface area contributed by atoms with E-state index in [0.717, 1.165) is 35.6 Å². The van der Waals surface area contributed by atoms with E-state index in [1.165, 1.54) is 5.56 Å². The number of aryl methyl sites for hydroxylation is 2. The molecule has 0 radical (unpaired) electrons. The zero-order valence-electron chi connectivity index (χ0n) is 10.8. The molecular formula is C14H18BrN3. The molecule has 0 fully saturated rings. The molecule has 0 aliphatic rings. The summed E-state index contributed by atoms with van der Waals surface area (Å²) in [6.07, 6.45) is 3.20. The lowest BCUT2D eigenvalue weighted by atomic mass is 10.2. The molecule has 0 saturated heterocycles. The lowest BCUT2D eigenvalue weighted by molar-refractivity contribution is 0.681. The molecular weight excluding hydrogens is 290 g/mol. The van der Waals surface area contributed by atoms with Crippen molar-refractivity contribution in [3.05, 3.63) is 46.2 Å². The second-order valence-electron chi connectivity index (χ2n) is 4.38. The Kier molecular flexibility index (Phi) is 4.42. The van der Waals surface area contributed by atoms with Crippen LogP contribution in [0.1, 0.15) is 24.6 Å². The number of rotatable bonds is 5. The van der Waals surface area contributed by atoms with E-state index in [1.54, 1.807) is 0 Å². The number of hydrogen-bond acceptors (Lipinski definition) is 2. The summed E-state index contributed by atoms with van der Waals surface area (Å²) in [4.78, 5) is 4.51. The molecule has 0 unspecified atom stereocenters. The van der Waals surface area contributed by atoms with Crippen molar-refractivity contribution < 1.29 is 0 Å². The summed E-state index contributed by atoms with van der Waals surface area (Å²) in [5.41, 5.74) is 2.30. The largest absolute Gasteiger partial charge is 0.352 e. The van der Waals surface area contributed by atoms with Crippen LogP contribution in [0.2, 0.25) is 0 Å². The van der Waals surface area contributed by atoms with Gasteiger partial charge in [-0.25, -0.2) is 4.98 Å². The molecule has 0 aliphatic heterocycles.